The summed E-state index contributed by atoms with van der Waals surface area (Å²) in [5.41, 5.74) is 5.04. The van der Waals surface area contributed by atoms with Gasteiger partial charge in [-0.1, -0.05) is 36.4 Å². The summed E-state index contributed by atoms with van der Waals surface area (Å²) in [7, 11) is 2.00. The van der Waals surface area contributed by atoms with Crippen molar-refractivity contribution in [2.24, 2.45) is 4.99 Å². The lowest BCUT2D eigenvalue weighted by Crippen LogP contribution is -2.14. The molecule has 1 aromatic heterocycles. The van der Waals surface area contributed by atoms with E-state index in [1.165, 1.54) is 11.1 Å². The Bertz CT molecular complexity index is 766. The lowest BCUT2D eigenvalue weighted by Gasteiger charge is -2.13. The van der Waals surface area contributed by atoms with Crippen molar-refractivity contribution in [3.8, 4) is 5.88 Å². The molecule has 2 rings (SSSR count). The number of aryl methyl sites for hydroxylation is 2. The van der Waals surface area contributed by atoms with E-state index in [0.29, 0.717) is 12.5 Å². The van der Waals surface area contributed by atoms with Crippen LogP contribution in [0.2, 0.25) is 0 Å². The van der Waals surface area contributed by atoms with Gasteiger partial charge in [0.05, 0.1) is 17.7 Å². The van der Waals surface area contributed by atoms with Crippen LogP contribution in [0.25, 0.3) is 6.08 Å². The third-order valence-corrected chi connectivity index (χ3v) is 4.04. The average Bonchev–Trinajstić information content (AvgIpc) is 2.61. The largest absolute Gasteiger partial charge is 0.472 e. The number of aliphatic imine (C=N–C) groups is 1. The van der Waals surface area contributed by atoms with E-state index in [0.717, 1.165) is 23.5 Å². The molecule has 0 saturated carbocycles. The van der Waals surface area contributed by atoms with Crippen molar-refractivity contribution >= 4 is 18.1 Å². The number of pyridine rings is 1. The Hall–Kier alpha value is -2.62. The minimum Gasteiger partial charge on any atom is -0.472 e. The highest BCUT2D eigenvalue weighted by Gasteiger charge is 2.09. The number of nitrogens with zero attached hydrogens (tertiary/aromatic N) is 3. The van der Waals surface area contributed by atoms with Gasteiger partial charge in [0.1, 0.15) is 6.61 Å². The van der Waals surface area contributed by atoms with Crippen LogP contribution in [0.4, 0.5) is 5.69 Å². The summed E-state index contributed by atoms with van der Waals surface area (Å²) in [5, 5.41) is 0. The predicted octanol–water partition coefficient (Wildman–Crippen LogP) is 4.92. The first-order valence-electron chi connectivity index (χ1n) is 8.61. The van der Waals surface area contributed by atoms with Crippen molar-refractivity contribution in [1.29, 1.82) is 0 Å². The Morgan fingerprint density at radius 2 is 2.00 bits per heavy atom. The zero-order valence-corrected chi connectivity index (χ0v) is 15.8. The topological polar surface area (TPSA) is 37.7 Å². The van der Waals surface area contributed by atoms with Crippen molar-refractivity contribution in [3.63, 3.8) is 0 Å². The molecule has 0 unspecified atom stereocenters. The number of hydrogen-bond acceptors (Lipinski definition) is 3. The molecule has 1 aromatic carbocycles. The molecule has 132 valence electrons. The first-order chi connectivity index (χ1) is 12.0. The van der Waals surface area contributed by atoms with Crippen LogP contribution in [0, 0.1) is 13.8 Å². The summed E-state index contributed by atoms with van der Waals surface area (Å²) < 4.78 is 6.01. The van der Waals surface area contributed by atoms with E-state index in [4.69, 9.17) is 4.74 Å². The van der Waals surface area contributed by atoms with E-state index in [9.17, 15) is 0 Å². The van der Waals surface area contributed by atoms with Crippen LogP contribution < -0.4 is 4.74 Å². The highest BCUT2D eigenvalue weighted by atomic mass is 16.5. The Morgan fingerprint density at radius 1 is 1.24 bits per heavy atom. The molecule has 4 nitrogen and oxygen atoms in total. The lowest BCUT2D eigenvalue weighted by molar-refractivity contribution is 0.292. The minimum atomic E-state index is 0.505. The second kappa shape index (κ2) is 9.02. The highest BCUT2D eigenvalue weighted by molar-refractivity contribution is 5.66. The van der Waals surface area contributed by atoms with Crippen LogP contribution in [0.5, 0.6) is 5.88 Å². The predicted molar refractivity (Wildman–Crippen MR) is 106 cm³/mol. The first kappa shape index (κ1) is 18.7. The van der Waals surface area contributed by atoms with E-state index in [2.05, 4.69) is 36.0 Å². The molecule has 0 fully saturated rings. The number of benzene rings is 1. The van der Waals surface area contributed by atoms with Crippen LogP contribution in [0.15, 0.2) is 41.4 Å². The lowest BCUT2D eigenvalue weighted by atomic mass is 10.1. The van der Waals surface area contributed by atoms with Gasteiger partial charge in [0, 0.05) is 19.2 Å². The molecular weight excluding hydrogens is 310 g/mol. The fourth-order valence-electron chi connectivity index (χ4n) is 2.29. The van der Waals surface area contributed by atoms with Gasteiger partial charge >= 0.3 is 0 Å². The molecule has 0 aliphatic heterocycles. The molecule has 0 amide bonds. The summed E-state index contributed by atoms with van der Waals surface area (Å²) >= 11 is 0. The van der Waals surface area contributed by atoms with Gasteiger partial charge < -0.3 is 9.64 Å². The maximum absolute atomic E-state index is 6.01. The molecule has 2 aromatic rings. The van der Waals surface area contributed by atoms with Crippen molar-refractivity contribution in [2.75, 3.05) is 13.6 Å². The Kier molecular flexibility index (Phi) is 6.75. The van der Waals surface area contributed by atoms with Crippen molar-refractivity contribution in [3.05, 3.63) is 58.8 Å². The molecule has 0 saturated heterocycles. The number of ether oxygens (including phenoxy) is 1. The molecule has 0 bridgehead atoms. The van der Waals surface area contributed by atoms with E-state index >= 15 is 0 Å². The summed E-state index contributed by atoms with van der Waals surface area (Å²) in [4.78, 5) is 11.2. The van der Waals surface area contributed by atoms with Gasteiger partial charge in [0.2, 0.25) is 5.88 Å². The monoisotopic (exact) mass is 337 g/mol. The molecule has 0 spiro atoms. The molecule has 1 heterocycles. The molecule has 0 N–H and O–H groups in total. The number of allylic oxidation sites excluding steroid dienone is 1. The zero-order valence-electron chi connectivity index (χ0n) is 15.8. The third-order valence-electron chi connectivity index (χ3n) is 4.04. The first-order valence-corrected chi connectivity index (χ1v) is 8.61. The van der Waals surface area contributed by atoms with E-state index < -0.39 is 0 Å². The molecule has 25 heavy (non-hydrogen) atoms. The van der Waals surface area contributed by atoms with Gasteiger partial charge in [-0.2, -0.15) is 0 Å². The van der Waals surface area contributed by atoms with Gasteiger partial charge in [-0.15, -0.1) is 0 Å². The molecule has 0 aliphatic carbocycles. The maximum atomic E-state index is 6.01. The van der Waals surface area contributed by atoms with E-state index in [1.807, 2.05) is 62.5 Å². The number of aromatic nitrogens is 1. The van der Waals surface area contributed by atoms with Crippen molar-refractivity contribution < 1.29 is 4.74 Å². The Morgan fingerprint density at radius 3 is 2.68 bits per heavy atom. The number of hydrogen-bond donors (Lipinski definition) is 0. The molecule has 0 atom stereocenters. The van der Waals surface area contributed by atoms with Gasteiger partial charge in [-0.05, 0) is 44.9 Å². The molecule has 0 radical (unpaired) electrons. The molecular formula is C21H27N3O. The van der Waals surface area contributed by atoms with Gasteiger partial charge in [-0.25, -0.2) is 9.98 Å². The van der Waals surface area contributed by atoms with E-state index in [-0.39, 0.29) is 0 Å². The Labute approximate surface area is 150 Å². The van der Waals surface area contributed by atoms with Crippen LogP contribution in [0.3, 0.4) is 0 Å². The van der Waals surface area contributed by atoms with Crippen LogP contribution in [0.1, 0.15) is 36.2 Å². The van der Waals surface area contributed by atoms with E-state index in [1.54, 1.807) is 0 Å². The Balaban J connectivity index is 2.27. The fourth-order valence-corrected chi connectivity index (χ4v) is 2.29. The third kappa shape index (κ3) is 5.18. The minimum absolute atomic E-state index is 0.505. The molecule has 0 aliphatic rings. The standard InChI is InChI=1S/C21H27N3O/c1-6-10-18-13-20(22-15-24(5)7-2)17(4)23-21(18)25-14-19-12-9-8-11-16(19)3/h6,8-13,15H,7,14H2,1-5H3/b10-6+,22-15?. The normalized spacial score (nSPS) is 11.4. The molecule has 4 heteroatoms. The van der Waals surface area contributed by atoms with Gasteiger partial charge in [-0.3, -0.25) is 0 Å². The zero-order chi connectivity index (χ0) is 18.2. The second-order valence-corrected chi connectivity index (χ2v) is 6.02. The number of rotatable bonds is 7. The van der Waals surface area contributed by atoms with Crippen LogP contribution >= 0.6 is 0 Å². The summed E-state index contributed by atoms with van der Waals surface area (Å²) in [5.74, 6) is 0.640. The van der Waals surface area contributed by atoms with Gasteiger partial charge in [0.25, 0.3) is 0 Å². The van der Waals surface area contributed by atoms with Crippen LogP contribution in [-0.2, 0) is 6.61 Å². The summed E-state index contributed by atoms with van der Waals surface area (Å²) in [6.07, 6.45) is 5.82. The quantitative estimate of drug-likeness (QED) is 0.531. The van der Waals surface area contributed by atoms with Crippen molar-refractivity contribution in [2.45, 2.75) is 34.3 Å². The summed E-state index contributed by atoms with van der Waals surface area (Å²) in [6, 6.07) is 10.3. The second-order valence-electron chi connectivity index (χ2n) is 6.02. The fraction of sp³-hybridized carbons (Fsp3) is 0.333. The van der Waals surface area contributed by atoms with Gasteiger partial charge in [0.15, 0.2) is 0 Å². The smallest absolute Gasteiger partial charge is 0.221 e. The summed E-state index contributed by atoms with van der Waals surface area (Å²) in [6.45, 7) is 9.54. The SMILES string of the molecule is C/C=C/c1cc(N=CN(C)CC)c(C)nc1OCc1ccccc1C. The maximum Gasteiger partial charge on any atom is 0.221 e. The van der Waals surface area contributed by atoms with Crippen LogP contribution in [-0.4, -0.2) is 29.8 Å². The highest BCUT2D eigenvalue weighted by Crippen LogP contribution is 2.27. The average molecular weight is 337 g/mol. The van der Waals surface area contributed by atoms with Crippen molar-refractivity contribution in [1.82, 2.24) is 9.88 Å².